The van der Waals surface area contributed by atoms with Crippen molar-refractivity contribution < 1.29 is 0 Å². The topological polar surface area (TPSA) is 43.8 Å². The zero-order chi connectivity index (χ0) is 12.5. The molecule has 0 saturated heterocycles. The van der Waals surface area contributed by atoms with Crippen LogP contribution in [0.3, 0.4) is 0 Å². The summed E-state index contributed by atoms with van der Waals surface area (Å²) >= 11 is 7.62. The Kier molecular flexibility index (Phi) is 3.22. The van der Waals surface area contributed by atoms with Crippen LogP contribution in [0, 0.1) is 0 Å². The van der Waals surface area contributed by atoms with Gasteiger partial charge in [-0.05, 0) is 31.0 Å². The maximum Gasteiger partial charge on any atom is 0.0951 e. The lowest BCUT2D eigenvalue weighted by Gasteiger charge is -2.08. The van der Waals surface area contributed by atoms with Gasteiger partial charge in [0.05, 0.1) is 6.33 Å². The molecule has 0 unspecified atom stereocenters. The van der Waals surface area contributed by atoms with Crippen LogP contribution in [-0.2, 0) is 5.75 Å². The Morgan fingerprint density at radius 3 is 3.00 bits per heavy atom. The highest BCUT2D eigenvalue weighted by atomic mass is 35.5. The molecule has 0 bridgehead atoms. The van der Waals surface area contributed by atoms with Gasteiger partial charge in [0.15, 0.2) is 0 Å². The summed E-state index contributed by atoms with van der Waals surface area (Å²) in [4.78, 5) is 5.30. The first-order chi connectivity index (χ1) is 8.74. The van der Waals surface area contributed by atoms with E-state index in [-0.39, 0.29) is 0 Å². The van der Waals surface area contributed by atoms with E-state index < -0.39 is 0 Å². The molecule has 1 aromatic carbocycles. The molecule has 3 nitrogen and oxygen atoms in total. The number of nitrogen functional groups attached to an aromatic ring is 1. The van der Waals surface area contributed by atoms with E-state index in [1.807, 2.05) is 24.7 Å². The zero-order valence-electron chi connectivity index (χ0n) is 9.84. The fourth-order valence-electron chi connectivity index (χ4n) is 1.93. The van der Waals surface area contributed by atoms with Gasteiger partial charge in [0.1, 0.15) is 0 Å². The Morgan fingerprint density at radius 2 is 2.28 bits per heavy atom. The first-order valence-electron chi connectivity index (χ1n) is 5.92. The number of halogens is 1. The van der Waals surface area contributed by atoms with Crippen LogP contribution < -0.4 is 5.73 Å². The lowest BCUT2D eigenvalue weighted by atomic mass is 10.3. The Morgan fingerprint density at radius 1 is 1.44 bits per heavy atom. The molecular weight excluding hydrogens is 266 g/mol. The average molecular weight is 280 g/mol. The summed E-state index contributed by atoms with van der Waals surface area (Å²) in [5.41, 5.74) is 7.95. The van der Waals surface area contributed by atoms with Crippen molar-refractivity contribution in [3.05, 3.63) is 41.4 Å². The fraction of sp³-hybridized carbons (Fsp3) is 0.308. The lowest BCUT2D eigenvalue weighted by Crippen LogP contribution is -1.97. The molecule has 0 aliphatic heterocycles. The number of nitrogens with two attached hydrogens (primary N) is 1. The Bertz CT molecular complexity index is 563. The summed E-state index contributed by atoms with van der Waals surface area (Å²) in [6.07, 6.45) is 6.42. The fourth-order valence-corrected chi connectivity index (χ4v) is 3.03. The molecule has 1 fully saturated rings. The number of nitrogens with zero attached hydrogens (tertiary/aromatic N) is 2. The van der Waals surface area contributed by atoms with Gasteiger partial charge in [0.2, 0.25) is 0 Å². The molecule has 2 aromatic rings. The molecule has 5 heteroatoms. The van der Waals surface area contributed by atoms with Gasteiger partial charge in [-0.15, -0.1) is 11.8 Å². The van der Waals surface area contributed by atoms with Crippen LogP contribution >= 0.6 is 23.4 Å². The predicted octanol–water partition coefficient (Wildman–Crippen LogP) is 3.75. The van der Waals surface area contributed by atoms with Crippen molar-refractivity contribution >= 4 is 29.1 Å². The Hall–Kier alpha value is -1.13. The highest BCUT2D eigenvalue weighted by molar-refractivity contribution is 7.98. The highest BCUT2D eigenvalue weighted by Gasteiger charge is 2.25. The third-order valence-electron chi connectivity index (χ3n) is 3.03. The molecule has 2 N–H and O–H groups in total. The third kappa shape index (κ3) is 2.49. The van der Waals surface area contributed by atoms with Crippen molar-refractivity contribution in [2.45, 2.75) is 29.5 Å². The van der Waals surface area contributed by atoms with E-state index in [0.29, 0.717) is 11.1 Å². The van der Waals surface area contributed by atoms with Gasteiger partial charge in [-0.25, -0.2) is 4.98 Å². The summed E-state index contributed by atoms with van der Waals surface area (Å²) in [7, 11) is 0. The first-order valence-corrected chi connectivity index (χ1v) is 7.29. The summed E-state index contributed by atoms with van der Waals surface area (Å²) in [6.45, 7) is 0. The van der Waals surface area contributed by atoms with Gasteiger partial charge in [-0.2, -0.15) is 0 Å². The highest BCUT2D eigenvalue weighted by Crippen LogP contribution is 2.37. The largest absolute Gasteiger partial charge is 0.398 e. The van der Waals surface area contributed by atoms with Crippen LogP contribution in [0.2, 0.25) is 5.02 Å². The number of imidazole rings is 1. The van der Waals surface area contributed by atoms with E-state index in [2.05, 4.69) is 9.55 Å². The van der Waals surface area contributed by atoms with Crippen molar-refractivity contribution in [2.75, 3.05) is 5.73 Å². The van der Waals surface area contributed by atoms with Crippen molar-refractivity contribution in [3.63, 3.8) is 0 Å². The second-order valence-electron chi connectivity index (χ2n) is 4.49. The lowest BCUT2D eigenvalue weighted by molar-refractivity contribution is 0.714. The number of thioether (sulfide) groups is 1. The maximum atomic E-state index is 5.94. The van der Waals surface area contributed by atoms with E-state index in [1.165, 1.54) is 18.5 Å². The number of hydrogen-bond donors (Lipinski definition) is 1. The third-order valence-corrected chi connectivity index (χ3v) is 4.39. The monoisotopic (exact) mass is 279 g/mol. The van der Waals surface area contributed by atoms with Gasteiger partial charge in [0, 0.05) is 39.3 Å². The molecule has 3 rings (SSSR count). The molecule has 0 amide bonds. The normalized spacial score (nSPS) is 14.9. The number of hydrogen-bond acceptors (Lipinski definition) is 3. The van der Waals surface area contributed by atoms with E-state index in [0.717, 1.165) is 16.3 Å². The van der Waals surface area contributed by atoms with Crippen LogP contribution in [0.4, 0.5) is 5.69 Å². The average Bonchev–Trinajstić information content (AvgIpc) is 3.08. The number of aromatic nitrogens is 2. The van der Waals surface area contributed by atoms with Crippen molar-refractivity contribution in [3.8, 4) is 0 Å². The second kappa shape index (κ2) is 4.86. The van der Waals surface area contributed by atoms with E-state index >= 15 is 0 Å². The molecule has 1 heterocycles. The van der Waals surface area contributed by atoms with Crippen molar-refractivity contribution in [2.24, 2.45) is 0 Å². The van der Waals surface area contributed by atoms with Crippen LogP contribution in [0.1, 0.15) is 24.6 Å². The van der Waals surface area contributed by atoms with Crippen LogP contribution in [0.5, 0.6) is 0 Å². The summed E-state index contributed by atoms with van der Waals surface area (Å²) in [5, 5.41) is 0.680. The molecular formula is C13H14ClN3S. The van der Waals surface area contributed by atoms with Gasteiger partial charge < -0.3 is 10.3 Å². The molecule has 1 aliphatic rings. The SMILES string of the molecule is Nc1cc(Cl)ccc1SCc1cncn1C1CC1. The molecule has 94 valence electrons. The molecule has 1 saturated carbocycles. The summed E-state index contributed by atoms with van der Waals surface area (Å²) < 4.78 is 2.28. The Labute approximate surface area is 115 Å². The quantitative estimate of drug-likeness (QED) is 0.685. The Balaban J connectivity index is 1.71. The number of anilines is 1. The van der Waals surface area contributed by atoms with Crippen LogP contribution in [0.25, 0.3) is 0 Å². The standard InChI is InChI=1S/C13H14ClN3S/c14-9-1-4-13(12(15)5-9)18-7-11-6-16-8-17(11)10-2-3-10/h1,4-6,8,10H,2-3,7,15H2. The summed E-state index contributed by atoms with van der Waals surface area (Å²) in [6, 6.07) is 6.31. The molecule has 1 aromatic heterocycles. The molecule has 0 radical (unpaired) electrons. The molecule has 0 atom stereocenters. The minimum Gasteiger partial charge on any atom is -0.398 e. The van der Waals surface area contributed by atoms with Crippen LogP contribution in [-0.4, -0.2) is 9.55 Å². The van der Waals surface area contributed by atoms with Crippen LogP contribution in [0.15, 0.2) is 35.6 Å². The van der Waals surface area contributed by atoms with Gasteiger partial charge >= 0.3 is 0 Å². The summed E-state index contributed by atoms with van der Waals surface area (Å²) in [5.74, 6) is 0.891. The molecule has 18 heavy (non-hydrogen) atoms. The van der Waals surface area contributed by atoms with E-state index in [4.69, 9.17) is 17.3 Å². The zero-order valence-corrected chi connectivity index (χ0v) is 11.4. The van der Waals surface area contributed by atoms with E-state index in [9.17, 15) is 0 Å². The van der Waals surface area contributed by atoms with Gasteiger partial charge in [-0.1, -0.05) is 11.6 Å². The molecule has 1 aliphatic carbocycles. The number of benzene rings is 1. The van der Waals surface area contributed by atoms with Crippen molar-refractivity contribution in [1.82, 2.24) is 9.55 Å². The first kappa shape index (κ1) is 11.9. The van der Waals surface area contributed by atoms with E-state index in [1.54, 1.807) is 17.8 Å². The minimum absolute atomic E-state index is 0.672. The van der Waals surface area contributed by atoms with Gasteiger partial charge in [0.25, 0.3) is 0 Å². The minimum atomic E-state index is 0.672. The number of rotatable bonds is 4. The molecule has 0 spiro atoms. The van der Waals surface area contributed by atoms with Gasteiger partial charge in [-0.3, -0.25) is 0 Å². The van der Waals surface area contributed by atoms with Crippen molar-refractivity contribution in [1.29, 1.82) is 0 Å². The maximum absolute atomic E-state index is 5.94. The smallest absolute Gasteiger partial charge is 0.0951 e. The predicted molar refractivity (Wildman–Crippen MR) is 75.9 cm³/mol. The second-order valence-corrected chi connectivity index (χ2v) is 5.95.